The highest BCUT2D eigenvalue weighted by Crippen LogP contribution is 2.27. The summed E-state index contributed by atoms with van der Waals surface area (Å²) < 4.78 is 0. The first kappa shape index (κ1) is 12.9. The average Bonchev–Trinajstić information content (AvgIpc) is 2.49. The largest absolute Gasteiger partial charge is 0.506 e. The molecule has 0 saturated carbocycles. The summed E-state index contributed by atoms with van der Waals surface area (Å²) in [6.45, 7) is 0. The van der Waals surface area contributed by atoms with Gasteiger partial charge in [-0.2, -0.15) is 0 Å². The van der Waals surface area contributed by atoms with Crippen LogP contribution < -0.4 is 5.32 Å². The number of nitrogens with zero attached hydrogens (tertiary/aromatic N) is 2. The first-order chi connectivity index (χ1) is 10.1. The van der Waals surface area contributed by atoms with E-state index in [1.807, 2.05) is 24.3 Å². The van der Waals surface area contributed by atoms with E-state index in [2.05, 4.69) is 15.3 Å². The molecule has 0 aliphatic rings. The van der Waals surface area contributed by atoms with Gasteiger partial charge in [-0.1, -0.05) is 12.1 Å². The second kappa shape index (κ2) is 5.09. The van der Waals surface area contributed by atoms with Crippen LogP contribution in [-0.2, 0) is 0 Å². The molecule has 21 heavy (non-hydrogen) atoms. The Kier molecular flexibility index (Phi) is 3.12. The zero-order valence-corrected chi connectivity index (χ0v) is 10.8. The predicted molar refractivity (Wildman–Crippen MR) is 77.9 cm³/mol. The lowest BCUT2D eigenvalue weighted by Crippen LogP contribution is -2.00. The fourth-order valence-electron chi connectivity index (χ4n) is 1.92. The first-order valence-corrected chi connectivity index (χ1v) is 6.18. The van der Waals surface area contributed by atoms with Crippen molar-refractivity contribution in [3.05, 3.63) is 54.2 Å². The highest BCUT2D eigenvalue weighted by atomic mass is 16.4. The van der Waals surface area contributed by atoms with Crippen LogP contribution in [0.3, 0.4) is 0 Å². The average molecular weight is 281 g/mol. The number of carbonyl (C=O) groups is 1. The summed E-state index contributed by atoms with van der Waals surface area (Å²) in [6, 6.07) is 11.4. The number of phenols is 1. The molecule has 2 aromatic carbocycles. The third kappa shape index (κ3) is 2.59. The minimum atomic E-state index is -1.07. The number of carboxylic acids is 1. The predicted octanol–water partition coefficient (Wildman–Crippen LogP) is 2.78. The van der Waals surface area contributed by atoms with Crippen molar-refractivity contribution in [3.63, 3.8) is 0 Å². The van der Waals surface area contributed by atoms with Crippen LogP contribution >= 0.6 is 0 Å². The van der Waals surface area contributed by atoms with Crippen LogP contribution in [0.15, 0.2) is 48.7 Å². The number of hydrogen-bond donors (Lipinski definition) is 3. The fraction of sp³-hybridized carbons (Fsp3) is 0. The van der Waals surface area contributed by atoms with E-state index in [1.54, 1.807) is 0 Å². The van der Waals surface area contributed by atoms with Gasteiger partial charge in [-0.15, -0.1) is 0 Å². The van der Waals surface area contributed by atoms with Gasteiger partial charge in [-0.3, -0.25) is 4.98 Å². The molecule has 3 N–H and O–H groups in total. The summed E-state index contributed by atoms with van der Waals surface area (Å²) in [5, 5.41) is 21.6. The maximum absolute atomic E-state index is 11.0. The molecule has 0 radical (unpaired) electrons. The normalized spacial score (nSPS) is 10.5. The molecule has 0 amide bonds. The molecular weight excluding hydrogens is 270 g/mol. The Balaban J connectivity index is 1.98. The fourth-order valence-corrected chi connectivity index (χ4v) is 1.92. The number of benzene rings is 2. The van der Waals surface area contributed by atoms with Crippen LogP contribution in [0.25, 0.3) is 11.0 Å². The molecule has 0 unspecified atom stereocenters. The lowest BCUT2D eigenvalue weighted by atomic mass is 10.2. The van der Waals surface area contributed by atoms with E-state index in [0.29, 0.717) is 11.3 Å². The van der Waals surface area contributed by atoms with Crippen LogP contribution in [0.5, 0.6) is 5.75 Å². The number of rotatable bonds is 3. The number of hydrogen-bond acceptors (Lipinski definition) is 5. The van der Waals surface area contributed by atoms with E-state index in [1.165, 1.54) is 24.4 Å². The standard InChI is InChI=1S/C15H11N3O3/c19-13-6-5-9(15(20)21)7-12(13)18-14-8-16-10-3-1-2-4-11(10)17-14/h1-8,19H,(H,17,18)(H,20,21). The maximum atomic E-state index is 11.0. The highest BCUT2D eigenvalue weighted by Gasteiger charge is 2.09. The number of aromatic carboxylic acids is 1. The van der Waals surface area contributed by atoms with Gasteiger partial charge >= 0.3 is 5.97 Å². The molecule has 1 heterocycles. The summed E-state index contributed by atoms with van der Waals surface area (Å²) in [4.78, 5) is 19.5. The minimum Gasteiger partial charge on any atom is -0.506 e. The number of aromatic nitrogens is 2. The van der Waals surface area contributed by atoms with Crippen LogP contribution in [-0.4, -0.2) is 26.2 Å². The number of nitrogens with one attached hydrogen (secondary N) is 1. The van der Waals surface area contributed by atoms with E-state index in [9.17, 15) is 9.90 Å². The summed E-state index contributed by atoms with van der Waals surface area (Å²) in [5.41, 5.74) is 1.80. The molecule has 0 atom stereocenters. The second-order valence-corrected chi connectivity index (χ2v) is 4.41. The van der Waals surface area contributed by atoms with Crippen LogP contribution in [0, 0.1) is 0 Å². The molecule has 3 aromatic rings. The molecule has 1 aromatic heterocycles. The highest BCUT2D eigenvalue weighted by molar-refractivity contribution is 5.90. The number of phenolic OH excluding ortho intramolecular Hbond substituents is 1. The van der Waals surface area contributed by atoms with Crippen molar-refractivity contribution in [2.24, 2.45) is 0 Å². The zero-order valence-electron chi connectivity index (χ0n) is 10.8. The van der Waals surface area contributed by atoms with Gasteiger partial charge in [0.05, 0.1) is 28.5 Å². The Hall–Kier alpha value is -3.15. The lowest BCUT2D eigenvalue weighted by molar-refractivity contribution is 0.0697. The SMILES string of the molecule is O=C(O)c1ccc(O)c(Nc2cnc3ccccc3n2)c1. The molecule has 6 heteroatoms. The van der Waals surface area contributed by atoms with Gasteiger partial charge in [-0.25, -0.2) is 9.78 Å². The Morgan fingerprint density at radius 3 is 2.62 bits per heavy atom. The summed E-state index contributed by atoms with van der Waals surface area (Å²) >= 11 is 0. The van der Waals surface area contributed by atoms with E-state index in [0.717, 1.165) is 5.52 Å². The number of fused-ring (bicyclic) bond motifs is 1. The molecule has 0 bridgehead atoms. The molecule has 0 aliphatic heterocycles. The van der Waals surface area contributed by atoms with Crippen molar-refractivity contribution in [2.75, 3.05) is 5.32 Å². The Morgan fingerprint density at radius 1 is 1.10 bits per heavy atom. The quantitative estimate of drug-likeness (QED) is 0.639. The summed E-state index contributed by atoms with van der Waals surface area (Å²) in [6.07, 6.45) is 1.52. The van der Waals surface area contributed by atoms with Crippen molar-refractivity contribution in [2.45, 2.75) is 0 Å². The molecule has 3 rings (SSSR count). The Morgan fingerprint density at radius 2 is 1.86 bits per heavy atom. The number of anilines is 2. The third-order valence-corrected chi connectivity index (χ3v) is 2.95. The van der Waals surface area contributed by atoms with Crippen LogP contribution in [0.2, 0.25) is 0 Å². The van der Waals surface area contributed by atoms with Gasteiger partial charge in [0.1, 0.15) is 11.6 Å². The van der Waals surface area contributed by atoms with Gasteiger partial charge in [-0.05, 0) is 30.3 Å². The van der Waals surface area contributed by atoms with E-state index in [-0.39, 0.29) is 17.0 Å². The molecule has 104 valence electrons. The van der Waals surface area contributed by atoms with Gasteiger partial charge in [0, 0.05) is 0 Å². The van der Waals surface area contributed by atoms with Crippen LogP contribution in [0.1, 0.15) is 10.4 Å². The van der Waals surface area contributed by atoms with Crippen molar-refractivity contribution in [3.8, 4) is 5.75 Å². The number of para-hydroxylation sites is 2. The number of carboxylic acid groups (broad SMARTS) is 1. The van der Waals surface area contributed by atoms with Gasteiger partial charge < -0.3 is 15.5 Å². The smallest absolute Gasteiger partial charge is 0.335 e. The summed E-state index contributed by atoms with van der Waals surface area (Å²) in [7, 11) is 0. The molecule has 0 fully saturated rings. The third-order valence-electron chi connectivity index (χ3n) is 2.95. The van der Waals surface area contributed by atoms with E-state index >= 15 is 0 Å². The van der Waals surface area contributed by atoms with Crippen molar-refractivity contribution in [1.82, 2.24) is 9.97 Å². The molecule has 0 saturated heterocycles. The Labute approximate surface area is 119 Å². The van der Waals surface area contributed by atoms with Crippen molar-refractivity contribution < 1.29 is 15.0 Å². The second-order valence-electron chi connectivity index (χ2n) is 4.41. The van der Waals surface area contributed by atoms with E-state index < -0.39 is 5.97 Å². The minimum absolute atomic E-state index is 0.0602. The Bertz CT molecular complexity index is 833. The monoisotopic (exact) mass is 281 g/mol. The van der Waals surface area contributed by atoms with Crippen molar-refractivity contribution >= 4 is 28.5 Å². The van der Waals surface area contributed by atoms with E-state index in [4.69, 9.17) is 5.11 Å². The topological polar surface area (TPSA) is 95.3 Å². The number of aromatic hydroxyl groups is 1. The maximum Gasteiger partial charge on any atom is 0.335 e. The summed E-state index contributed by atoms with van der Waals surface area (Å²) in [5.74, 6) is -0.704. The lowest BCUT2D eigenvalue weighted by Gasteiger charge is -2.09. The van der Waals surface area contributed by atoms with Crippen LogP contribution in [0.4, 0.5) is 11.5 Å². The van der Waals surface area contributed by atoms with Gasteiger partial charge in [0.2, 0.25) is 0 Å². The molecule has 0 spiro atoms. The molecular formula is C15H11N3O3. The molecule has 0 aliphatic carbocycles. The van der Waals surface area contributed by atoms with Crippen molar-refractivity contribution in [1.29, 1.82) is 0 Å². The molecule has 6 nitrogen and oxygen atoms in total. The zero-order chi connectivity index (χ0) is 14.8. The van der Waals surface area contributed by atoms with Gasteiger partial charge in [0.25, 0.3) is 0 Å². The van der Waals surface area contributed by atoms with Gasteiger partial charge in [0.15, 0.2) is 0 Å². The first-order valence-electron chi connectivity index (χ1n) is 6.18.